The summed E-state index contributed by atoms with van der Waals surface area (Å²) in [4.78, 5) is 11.0. The van der Waals surface area contributed by atoms with Gasteiger partial charge in [0.2, 0.25) is 0 Å². The molecule has 1 aromatic rings. The Labute approximate surface area is 105 Å². The van der Waals surface area contributed by atoms with Gasteiger partial charge in [0.25, 0.3) is 0 Å². The van der Waals surface area contributed by atoms with Crippen molar-refractivity contribution in [2.45, 2.75) is 6.42 Å². The standard InChI is InChI=1S/C12H14ClNO3/c13-9-1-2-11(10(5-9)12(15)16)14-6-8-3-4-17-7-8/h1-2,5,8,14H,3-4,6-7H2,(H,15,16). The molecule has 1 atom stereocenters. The number of halogens is 1. The van der Waals surface area contributed by atoms with Gasteiger partial charge in [0.05, 0.1) is 12.2 Å². The predicted molar refractivity (Wildman–Crippen MR) is 65.8 cm³/mol. The second-order valence-electron chi connectivity index (χ2n) is 4.11. The van der Waals surface area contributed by atoms with Crippen LogP contribution in [0.1, 0.15) is 16.8 Å². The molecule has 0 bridgehead atoms. The fourth-order valence-corrected chi connectivity index (χ4v) is 2.02. The molecule has 1 aromatic carbocycles. The van der Waals surface area contributed by atoms with E-state index in [1.54, 1.807) is 12.1 Å². The van der Waals surface area contributed by atoms with Gasteiger partial charge >= 0.3 is 5.97 Å². The maximum Gasteiger partial charge on any atom is 0.337 e. The van der Waals surface area contributed by atoms with E-state index in [1.165, 1.54) is 6.07 Å². The van der Waals surface area contributed by atoms with Crippen LogP contribution in [-0.4, -0.2) is 30.8 Å². The Hall–Kier alpha value is -1.26. The average Bonchev–Trinajstić information content (AvgIpc) is 2.80. The van der Waals surface area contributed by atoms with Crippen molar-refractivity contribution in [3.63, 3.8) is 0 Å². The molecule has 4 nitrogen and oxygen atoms in total. The van der Waals surface area contributed by atoms with Crippen LogP contribution in [-0.2, 0) is 4.74 Å². The Morgan fingerprint density at radius 1 is 1.59 bits per heavy atom. The number of anilines is 1. The minimum atomic E-state index is -0.974. The zero-order chi connectivity index (χ0) is 12.3. The second-order valence-corrected chi connectivity index (χ2v) is 4.54. The minimum Gasteiger partial charge on any atom is -0.478 e. The number of hydrogen-bond acceptors (Lipinski definition) is 3. The van der Waals surface area contributed by atoms with Crippen molar-refractivity contribution in [3.8, 4) is 0 Å². The maximum absolute atomic E-state index is 11.0. The highest BCUT2D eigenvalue weighted by Crippen LogP contribution is 2.22. The number of aromatic carboxylic acids is 1. The molecule has 0 aromatic heterocycles. The van der Waals surface area contributed by atoms with Gasteiger partial charge in [-0.1, -0.05) is 11.6 Å². The molecular weight excluding hydrogens is 242 g/mol. The van der Waals surface area contributed by atoms with Crippen LogP contribution in [0.3, 0.4) is 0 Å². The number of nitrogens with one attached hydrogen (secondary N) is 1. The monoisotopic (exact) mass is 255 g/mol. The summed E-state index contributed by atoms with van der Waals surface area (Å²) in [7, 11) is 0. The van der Waals surface area contributed by atoms with Gasteiger partial charge in [0.1, 0.15) is 0 Å². The number of rotatable bonds is 4. The molecule has 1 unspecified atom stereocenters. The summed E-state index contributed by atoms with van der Waals surface area (Å²) in [6.07, 6.45) is 1.02. The lowest BCUT2D eigenvalue weighted by Crippen LogP contribution is -2.16. The van der Waals surface area contributed by atoms with Crippen LogP contribution in [0.25, 0.3) is 0 Å². The van der Waals surface area contributed by atoms with Crippen molar-refractivity contribution >= 4 is 23.3 Å². The third-order valence-corrected chi connectivity index (χ3v) is 3.05. The van der Waals surface area contributed by atoms with Crippen LogP contribution < -0.4 is 5.32 Å². The molecule has 1 saturated heterocycles. The zero-order valence-corrected chi connectivity index (χ0v) is 10.0. The number of carboxylic acid groups (broad SMARTS) is 1. The van der Waals surface area contributed by atoms with Gasteiger partial charge in [-0.25, -0.2) is 4.79 Å². The summed E-state index contributed by atoms with van der Waals surface area (Å²) in [5.41, 5.74) is 0.810. The molecule has 0 amide bonds. The van der Waals surface area contributed by atoms with Crippen LogP contribution in [0.4, 0.5) is 5.69 Å². The normalized spacial score (nSPS) is 19.2. The lowest BCUT2D eigenvalue weighted by atomic mass is 10.1. The van der Waals surface area contributed by atoms with Crippen LogP contribution in [0, 0.1) is 5.92 Å². The van der Waals surface area contributed by atoms with Crippen molar-refractivity contribution in [2.75, 3.05) is 25.1 Å². The summed E-state index contributed by atoms with van der Waals surface area (Å²) < 4.78 is 5.26. The number of carbonyl (C=O) groups is 1. The molecule has 2 N–H and O–H groups in total. The smallest absolute Gasteiger partial charge is 0.337 e. The van der Waals surface area contributed by atoms with E-state index in [0.29, 0.717) is 16.6 Å². The minimum absolute atomic E-state index is 0.205. The fourth-order valence-electron chi connectivity index (χ4n) is 1.85. The van der Waals surface area contributed by atoms with Gasteiger partial charge in [-0.05, 0) is 24.6 Å². The van der Waals surface area contributed by atoms with Crippen molar-refractivity contribution in [1.82, 2.24) is 0 Å². The lowest BCUT2D eigenvalue weighted by Gasteiger charge is -2.13. The van der Waals surface area contributed by atoms with Crippen LogP contribution in [0.2, 0.25) is 5.02 Å². The first kappa shape index (κ1) is 12.2. The largest absolute Gasteiger partial charge is 0.478 e. The van der Waals surface area contributed by atoms with Crippen molar-refractivity contribution in [1.29, 1.82) is 0 Å². The Bertz CT molecular complexity index is 416. The highest BCUT2D eigenvalue weighted by atomic mass is 35.5. The van der Waals surface area contributed by atoms with Crippen molar-refractivity contribution < 1.29 is 14.6 Å². The maximum atomic E-state index is 11.0. The second kappa shape index (κ2) is 5.38. The van der Waals surface area contributed by atoms with E-state index >= 15 is 0 Å². The highest BCUT2D eigenvalue weighted by Gasteiger charge is 2.17. The van der Waals surface area contributed by atoms with E-state index in [-0.39, 0.29) is 5.56 Å². The van der Waals surface area contributed by atoms with Crippen LogP contribution in [0.5, 0.6) is 0 Å². The molecule has 0 saturated carbocycles. The molecule has 2 rings (SSSR count). The molecule has 1 aliphatic rings. The molecule has 1 aliphatic heterocycles. The third-order valence-electron chi connectivity index (χ3n) is 2.82. The summed E-state index contributed by atoms with van der Waals surface area (Å²) in [5.74, 6) is -0.523. The summed E-state index contributed by atoms with van der Waals surface area (Å²) in [6.45, 7) is 2.25. The summed E-state index contributed by atoms with van der Waals surface area (Å²) in [6, 6.07) is 4.83. The highest BCUT2D eigenvalue weighted by molar-refractivity contribution is 6.31. The third kappa shape index (κ3) is 3.11. The molecule has 17 heavy (non-hydrogen) atoms. The molecule has 92 valence electrons. The number of carboxylic acids is 1. The van der Waals surface area contributed by atoms with E-state index in [2.05, 4.69) is 5.32 Å². The van der Waals surface area contributed by atoms with E-state index in [9.17, 15) is 4.79 Å². The van der Waals surface area contributed by atoms with E-state index in [1.807, 2.05) is 0 Å². The summed E-state index contributed by atoms with van der Waals surface area (Å²) >= 11 is 5.78. The molecule has 1 heterocycles. The summed E-state index contributed by atoms with van der Waals surface area (Å²) in [5, 5.41) is 12.6. The van der Waals surface area contributed by atoms with E-state index in [0.717, 1.165) is 26.2 Å². The van der Waals surface area contributed by atoms with E-state index < -0.39 is 5.97 Å². The zero-order valence-electron chi connectivity index (χ0n) is 9.28. The number of hydrogen-bond donors (Lipinski definition) is 2. The Balaban J connectivity index is 2.06. The number of benzene rings is 1. The van der Waals surface area contributed by atoms with Crippen LogP contribution >= 0.6 is 11.6 Å². The van der Waals surface area contributed by atoms with Gasteiger partial charge in [0, 0.05) is 29.8 Å². The molecule has 5 heteroatoms. The lowest BCUT2D eigenvalue weighted by molar-refractivity contribution is 0.0698. The van der Waals surface area contributed by atoms with Crippen molar-refractivity contribution in [3.05, 3.63) is 28.8 Å². The molecule has 1 fully saturated rings. The van der Waals surface area contributed by atoms with Gasteiger partial charge in [-0.3, -0.25) is 0 Å². The van der Waals surface area contributed by atoms with Gasteiger partial charge in [-0.2, -0.15) is 0 Å². The SMILES string of the molecule is O=C(O)c1cc(Cl)ccc1NCC1CCOC1. The first-order valence-corrected chi connectivity index (χ1v) is 5.89. The first-order valence-electron chi connectivity index (χ1n) is 5.51. The Morgan fingerprint density at radius 2 is 2.41 bits per heavy atom. The fraction of sp³-hybridized carbons (Fsp3) is 0.417. The van der Waals surface area contributed by atoms with E-state index in [4.69, 9.17) is 21.4 Å². The predicted octanol–water partition coefficient (Wildman–Crippen LogP) is 2.49. The van der Waals surface area contributed by atoms with Crippen molar-refractivity contribution in [2.24, 2.45) is 5.92 Å². The first-order chi connectivity index (χ1) is 8.16. The van der Waals surface area contributed by atoms with Gasteiger partial charge < -0.3 is 15.2 Å². The van der Waals surface area contributed by atoms with Gasteiger partial charge in [0.15, 0.2) is 0 Å². The molecular formula is C12H14ClNO3. The average molecular weight is 256 g/mol. The molecule has 0 spiro atoms. The molecule has 0 radical (unpaired) electrons. The van der Waals surface area contributed by atoms with Crippen LogP contribution in [0.15, 0.2) is 18.2 Å². The quantitative estimate of drug-likeness (QED) is 0.868. The Kier molecular flexibility index (Phi) is 3.86. The van der Waals surface area contributed by atoms with Gasteiger partial charge in [-0.15, -0.1) is 0 Å². The topological polar surface area (TPSA) is 58.6 Å². The molecule has 0 aliphatic carbocycles. The number of ether oxygens (including phenoxy) is 1. The Morgan fingerprint density at radius 3 is 3.06 bits per heavy atom.